The minimum Gasteiger partial charge on any atom is -0.456 e. The van der Waals surface area contributed by atoms with Crippen LogP contribution in [0.2, 0.25) is 0 Å². The zero-order valence-corrected chi connectivity index (χ0v) is 27.8. The average Bonchev–Trinajstić information content (AvgIpc) is 3.74. The summed E-state index contributed by atoms with van der Waals surface area (Å²) in [4.78, 5) is 2.29. The molecule has 0 aliphatic heterocycles. The highest BCUT2D eigenvalue weighted by atomic mass is 16.3. The van der Waals surface area contributed by atoms with E-state index in [0.29, 0.717) is 0 Å². The van der Waals surface area contributed by atoms with Gasteiger partial charge in [-0.25, -0.2) is 0 Å². The Labute approximate surface area is 295 Å². The molecule has 8 aromatic carbocycles. The van der Waals surface area contributed by atoms with Crippen LogP contribution in [0, 0.1) is 0 Å². The van der Waals surface area contributed by atoms with Gasteiger partial charge in [-0.05, 0) is 101 Å². The van der Waals surface area contributed by atoms with Gasteiger partial charge < -0.3 is 13.9 Å². The van der Waals surface area contributed by atoms with Gasteiger partial charge in [0.15, 0.2) is 0 Å². The number of aromatic nitrogens is 1. The average molecular weight is 653 g/mol. The van der Waals surface area contributed by atoms with Gasteiger partial charge in [0.2, 0.25) is 0 Å². The van der Waals surface area contributed by atoms with Gasteiger partial charge in [0, 0.05) is 50.4 Å². The minimum atomic E-state index is 0.864. The van der Waals surface area contributed by atoms with E-state index >= 15 is 0 Å². The molecule has 3 heteroatoms. The fraction of sp³-hybridized carbons (Fsp3) is 0. The van der Waals surface area contributed by atoms with Crippen LogP contribution in [0.5, 0.6) is 0 Å². The number of fused-ring (bicyclic) bond motifs is 6. The summed E-state index contributed by atoms with van der Waals surface area (Å²) in [7, 11) is 0. The second-order valence-electron chi connectivity index (χ2n) is 13.0. The van der Waals surface area contributed by atoms with Crippen LogP contribution in [0.3, 0.4) is 0 Å². The standard InChI is InChI=1S/C48H32N2O/c1-4-12-33(13-5-1)34-20-24-39(25-21-34)49(37-14-6-2-7-15-37)40-26-28-43-42-27-22-36(31-47(42)51-48(43)32-40)35-23-29-46-44(30-35)41-18-10-11-19-45(41)50(46)38-16-8-3-9-17-38/h1-32H. The summed E-state index contributed by atoms with van der Waals surface area (Å²) in [5, 5.41) is 4.70. The van der Waals surface area contributed by atoms with Crippen molar-refractivity contribution in [2.75, 3.05) is 4.90 Å². The highest BCUT2D eigenvalue weighted by Gasteiger charge is 2.17. The van der Waals surface area contributed by atoms with Crippen molar-refractivity contribution in [3.8, 4) is 27.9 Å². The Kier molecular flexibility index (Phi) is 6.81. The Morgan fingerprint density at radius 2 is 0.863 bits per heavy atom. The summed E-state index contributed by atoms with van der Waals surface area (Å²) in [5.74, 6) is 0. The summed E-state index contributed by atoms with van der Waals surface area (Å²) in [6.07, 6.45) is 0. The fourth-order valence-corrected chi connectivity index (χ4v) is 7.55. The molecular formula is C48H32N2O. The highest BCUT2D eigenvalue weighted by molar-refractivity contribution is 6.11. The number of anilines is 3. The third-order valence-electron chi connectivity index (χ3n) is 9.98. The van der Waals surface area contributed by atoms with E-state index in [1.54, 1.807) is 0 Å². The molecule has 2 heterocycles. The maximum absolute atomic E-state index is 6.64. The molecular weight excluding hydrogens is 621 g/mol. The van der Waals surface area contributed by atoms with E-state index in [1.165, 1.54) is 32.9 Å². The largest absolute Gasteiger partial charge is 0.456 e. The first-order valence-corrected chi connectivity index (χ1v) is 17.3. The first kappa shape index (κ1) is 29.1. The number of benzene rings is 8. The van der Waals surface area contributed by atoms with Gasteiger partial charge in [-0.3, -0.25) is 0 Å². The van der Waals surface area contributed by atoms with Gasteiger partial charge in [0.1, 0.15) is 11.2 Å². The summed E-state index contributed by atoms with van der Waals surface area (Å²) in [6, 6.07) is 69.0. The van der Waals surface area contributed by atoms with Crippen LogP contribution in [0.4, 0.5) is 17.1 Å². The molecule has 51 heavy (non-hydrogen) atoms. The van der Waals surface area contributed by atoms with Crippen molar-refractivity contribution in [2.45, 2.75) is 0 Å². The van der Waals surface area contributed by atoms with Crippen molar-refractivity contribution in [1.82, 2.24) is 4.57 Å². The van der Waals surface area contributed by atoms with Crippen LogP contribution >= 0.6 is 0 Å². The Morgan fingerprint density at radius 1 is 0.333 bits per heavy atom. The van der Waals surface area contributed by atoms with Crippen molar-refractivity contribution in [1.29, 1.82) is 0 Å². The van der Waals surface area contributed by atoms with Crippen LogP contribution < -0.4 is 4.90 Å². The van der Waals surface area contributed by atoms with Crippen LogP contribution in [-0.2, 0) is 0 Å². The van der Waals surface area contributed by atoms with E-state index in [9.17, 15) is 0 Å². The number of para-hydroxylation sites is 3. The maximum atomic E-state index is 6.64. The number of rotatable bonds is 6. The fourth-order valence-electron chi connectivity index (χ4n) is 7.55. The molecule has 0 radical (unpaired) electrons. The Bertz CT molecular complexity index is 2830. The molecule has 0 saturated heterocycles. The van der Waals surface area contributed by atoms with Gasteiger partial charge in [0.25, 0.3) is 0 Å². The third-order valence-corrected chi connectivity index (χ3v) is 9.98. The first-order chi connectivity index (χ1) is 25.3. The third kappa shape index (κ3) is 4.98. The van der Waals surface area contributed by atoms with Gasteiger partial charge in [-0.2, -0.15) is 0 Å². The Morgan fingerprint density at radius 3 is 1.65 bits per heavy atom. The zero-order chi connectivity index (χ0) is 33.7. The Balaban J connectivity index is 1.05. The molecule has 3 nitrogen and oxygen atoms in total. The topological polar surface area (TPSA) is 21.3 Å². The Hall–Kier alpha value is -6.84. The van der Waals surface area contributed by atoms with E-state index in [2.05, 4.69) is 204 Å². The van der Waals surface area contributed by atoms with Crippen LogP contribution in [0.1, 0.15) is 0 Å². The molecule has 0 saturated carbocycles. The quantitative estimate of drug-likeness (QED) is 0.178. The highest BCUT2D eigenvalue weighted by Crippen LogP contribution is 2.41. The van der Waals surface area contributed by atoms with Crippen LogP contribution in [0.25, 0.3) is 71.7 Å². The predicted octanol–water partition coefficient (Wildman–Crippen LogP) is 13.5. The number of hydrogen-bond acceptors (Lipinski definition) is 2. The molecule has 0 bridgehead atoms. The second-order valence-corrected chi connectivity index (χ2v) is 13.0. The lowest BCUT2D eigenvalue weighted by Crippen LogP contribution is -2.09. The molecule has 0 spiro atoms. The lowest BCUT2D eigenvalue weighted by molar-refractivity contribution is 0.669. The van der Waals surface area contributed by atoms with Crippen molar-refractivity contribution in [2.24, 2.45) is 0 Å². The van der Waals surface area contributed by atoms with Crippen LogP contribution in [0.15, 0.2) is 199 Å². The molecule has 2 aromatic heterocycles. The molecule has 0 unspecified atom stereocenters. The maximum Gasteiger partial charge on any atom is 0.137 e. The molecule has 0 atom stereocenters. The molecule has 0 aliphatic carbocycles. The summed E-state index contributed by atoms with van der Waals surface area (Å²) >= 11 is 0. The normalized spacial score (nSPS) is 11.5. The molecule has 0 fully saturated rings. The second kappa shape index (κ2) is 11.9. The minimum absolute atomic E-state index is 0.864. The van der Waals surface area contributed by atoms with Crippen molar-refractivity contribution in [3.05, 3.63) is 194 Å². The lowest BCUT2D eigenvalue weighted by atomic mass is 10.0. The number of nitrogens with zero attached hydrogens (tertiary/aromatic N) is 2. The number of furan rings is 1. The van der Waals surface area contributed by atoms with E-state index in [4.69, 9.17) is 4.42 Å². The first-order valence-electron chi connectivity index (χ1n) is 17.3. The smallest absolute Gasteiger partial charge is 0.137 e. The van der Waals surface area contributed by atoms with Gasteiger partial charge in [-0.15, -0.1) is 0 Å². The van der Waals surface area contributed by atoms with Crippen molar-refractivity contribution < 1.29 is 4.42 Å². The molecule has 0 N–H and O–H groups in total. The van der Waals surface area contributed by atoms with Crippen molar-refractivity contribution in [3.63, 3.8) is 0 Å². The molecule has 240 valence electrons. The van der Waals surface area contributed by atoms with E-state index in [1.807, 2.05) is 0 Å². The summed E-state index contributed by atoms with van der Waals surface area (Å²) in [5.41, 5.74) is 13.2. The van der Waals surface area contributed by atoms with Gasteiger partial charge >= 0.3 is 0 Å². The number of hydrogen-bond donors (Lipinski definition) is 0. The van der Waals surface area contributed by atoms with Gasteiger partial charge in [-0.1, -0.05) is 109 Å². The van der Waals surface area contributed by atoms with Crippen molar-refractivity contribution >= 4 is 60.8 Å². The molecule has 0 amide bonds. The summed E-state index contributed by atoms with van der Waals surface area (Å²) in [6.45, 7) is 0. The van der Waals surface area contributed by atoms with E-state index < -0.39 is 0 Å². The molecule has 0 aliphatic rings. The predicted molar refractivity (Wildman–Crippen MR) is 214 cm³/mol. The monoisotopic (exact) mass is 652 g/mol. The van der Waals surface area contributed by atoms with Crippen LogP contribution in [-0.4, -0.2) is 4.57 Å². The zero-order valence-electron chi connectivity index (χ0n) is 27.8. The SMILES string of the molecule is c1ccc(-c2ccc(N(c3ccccc3)c3ccc4c(c3)oc3cc(-c5ccc6c(c5)c5ccccc5n6-c5ccccc5)ccc34)cc2)cc1. The lowest BCUT2D eigenvalue weighted by Gasteiger charge is -2.25. The van der Waals surface area contributed by atoms with E-state index in [-0.39, 0.29) is 0 Å². The molecule has 10 rings (SSSR count). The van der Waals surface area contributed by atoms with E-state index in [0.717, 1.165) is 55.8 Å². The molecule has 10 aromatic rings. The summed E-state index contributed by atoms with van der Waals surface area (Å²) < 4.78 is 9.00. The van der Waals surface area contributed by atoms with Gasteiger partial charge in [0.05, 0.1) is 11.0 Å².